The first-order valence-electron chi connectivity index (χ1n) is 25.8. The summed E-state index contributed by atoms with van der Waals surface area (Å²) in [5, 5.41) is 6.32. The van der Waals surface area contributed by atoms with Crippen molar-refractivity contribution in [1.29, 1.82) is 0 Å². The lowest BCUT2D eigenvalue weighted by molar-refractivity contribution is -0.145. The predicted octanol–water partition coefficient (Wildman–Crippen LogP) is 2.26. The highest BCUT2D eigenvalue weighted by Gasteiger charge is 2.22. The van der Waals surface area contributed by atoms with Gasteiger partial charge in [-0.15, -0.1) is 0 Å². The molecule has 2 N–H and O–H groups in total. The van der Waals surface area contributed by atoms with Crippen molar-refractivity contribution in [2.75, 3.05) is 144 Å². The van der Waals surface area contributed by atoms with Crippen molar-refractivity contribution in [3.05, 3.63) is 102 Å². The van der Waals surface area contributed by atoms with Crippen LogP contribution < -0.4 is 10.6 Å². The number of pyridine rings is 3. The lowest BCUT2D eigenvalue weighted by Gasteiger charge is -2.33. The number of rotatable bonds is 29. The van der Waals surface area contributed by atoms with E-state index >= 15 is 0 Å². The summed E-state index contributed by atoms with van der Waals surface area (Å²) < 4.78 is 10.7. The van der Waals surface area contributed by atoms with E-state index in [1.165, 1.54) is 0 Å². The molecule has 18 nitrogen and oxygen atoms in total. The molecule has 1 unspecified atom stereocenters. The van der Waals surface area contributed by atoms with Gasteiger partial charge in [-0.25, -0.2) is 0 Å². The first-order valence-corrected chi connectivity index (χ1v) is 25.8. The smallest absolute Gasteiger partial charge is 0.320 e. The molecule has 5 rings (SSSR count). The molecule has 5 heterocycles. The van der Waals surface area contributed by atoms with E-state index in [1.807, 2.05) is 79.4 Å². The van der Waals surface area contributed by atoms with Crippen molar-refractivity contribution in [1.82, 2.24) is 55.0 Å². The van der Waals surface area contributed by atoms with Crippen LogP contribution in [-0.2, 0) is 47.9 Å². The second-order valence-corrected chi connectivity index (χ2v) is 18.0. The zero-order valence-corrected chi connectivity index (χ0v) is 42.5. The zero-order valence-electron chi connectivity index (χ0n) is 42.5. The van der Waals surface area contributed by atoms with E-state index in [9.17, 15) is 19.2 Å². The van der Waals surface area contributed by atoms with Crippen molar-refractivity contribution < 1.29 is 28.7 Å². The summed E-state index contributed by atoms with van der Waals surface area (Å²) in [7, 11) is 0. The maximum atomic E-state index is 13.6. The van der Waals surface area contributed by atoms with E-state index in [2.05, 4.69) is 72.1 Å². The van der Waals surface area contributed by atoms with E-state index in [0.29, 0.717) is 91.5 Å². The molecular weight excluding hydrogens is 901 g/mol. The minimum Gasteiger partial charge on any atom is -0.465 e. The fourth-order valence-electron chi connectivity index (χ4n) is 8.52. The molecule has 2 aliphatic heterocycles. The highest BCUT2D eigenvalue weighted by Crippen LogP contribution is 2.09. The van der Waals surface area contributed by atoms with Crippen LogP contribution >= 0.6 is 0 Å². The van der Waals surface area contributed by atoms with Gasteiger partial charge in [-0.2, -0.15) is 0 Å². The van der Waals surface area contributed by atoms with E-state index in [0.717, 1.165) is 75.4 Å². The van der Waals surface area contributed by atoms with Gasteiger partial charge in [-0.05, 0) is 56.7 Å². The standard InChI is InChI=1S/C53H80N12O6/c1-3-70-52(68)44-64-37-35-62(32-21-50(66)58-26-33-60(28-17-46-13-5-9-22-54-46)29-18-47-14-6-10-23-55-47)36-38-65(45-53(69)71-4-2)42-40-63(39-41-64)43-51(67)59-27-34-61(30-19-48-15-7-11-24-56-48)31-20-49-16-8-12-25-57-49/h5-9,11-16,22-25,47H,3-4,10,17-21,26-45H2,1-2H3,(H,58,66)(H,59,67). The number of esters is 2. The van der Waals surface area contributed by atoms with E-state index in [4.69, 9.17) is 9.47 Å². The van der Waals surface area contributed by atoms with Gasteiger partial charge in [-0.1, -0.05) is 30.4 Å². The molecule has 3 aromatic heterocycles. The average molecular weight is 981 g/mol. The molecular formula is C53H80N12O6. The molecule has 3 aromatic rings. The maximum Gasteiger partial charge on any atom is 0.320 e. The van der Waals surface area contributed by atoms with Crippen LogP contribution in [0.25, 0.3) is 0 Å². The van der Waals surface area contributed by atoms with Gasteiger partial charge in [0.1, 0.15) is 0 Å². The Labute approximate surface area is 422 Å². The third-order valence-corrected chi connectivity index (χ3v) is 12.6. The van der Waals surface area contributed by atoms with Gasteiger partial charge in [-0.3, -0.25) is 53.8 Å². The van der Waals surface area contributed by atoms with Crippen molar-refractivity contribution in [2.24, 2.45) is 4.99 Å². The molecule has 1 atom stereocenters. The molecule has 71 heavy (non-hydrogen) atoms. The van der Waals surface area contributed by atoms with Crippen molar-refractivity contribution in [2.45, 2.75) is 58.4 Å². The summed E-state index contributed by atoms with van der Waals surface area (Å²) in [6.07, 6.45) is 16.3. The van der Waals surface area contributed by atoms with Crippen molar-refractivity contribution in [3.8, 4) is 0 Å². The molecule has 2 amide bonds. The van der Waals surface area contributed by atoms with E-state index in [1.54, 1.807) is 13.8 Å². The van der Waals surface area contributed by atoms with Crippen LogP contribution in [0.15, 0.2) is 90.3 Å². The quantitative estimate of drug-likeness (QED) is 0.0764. The Morgan fingerprint density at radius 2 is 1.03 bits per heavy atom. The van der Waals surface area contributed by atoms with Crippen LogP contribution in [-0.4, -0.2) is 224 Å². The highest BCUT2D eigenvalue weighted by atomic mass is 16.5. The largest absolute Gasteiger partial charge is 0.465 e. The predicted molar refractivity (Wildman–Crippen MR) is 277 cm³/mol. The number of nitrogens with zero attached hydrogens (tertiary/aromatic N) is 10. The normalized spacial score (nSPS) is 16.6. The molecule has 0 bridgehead atoms. The number of ether oxygens (including phenoxy) is 2. The topological polar surface area (TPSA) is 181 Å². The summed E-state index contributed by atoms with van der Waals surface area (Å²) in [6.45, 7) is 15.1. The molecule has 388 valence electrons. The van der Waals surface area contributed by atoms with Gasteiger partial charge in [0.15, 0.2) is 0 Å². The molecule has 2 aliphatic rings. The van der Waals surface area contributed by atoms with Gasteiger partial charge in [0.25, 0.3) is 0 Å². The fraction of sp³-hybridized carbons (Fsp3) is 0.585. The van der Waals surface area contributed by atoms with Gasteiger partial charge >= 0.3 is 11.9 Å². The monoisotopic (exact) mass is 981 g/mol. The number of nitrogens with one attached hydrogen (secondary N) is 2. The second-order valence-electron chi connectivity index (χ2n) is 18.0. The summed E-state index contributed by atoms with van der Waals surface area (Å²) in [5.41, 5.74) is 3.09. The number of dihydropyridines is 1. The number of aromatic nitrogens is 3. The van der Waals surface area contributed by atoms with E-state index in [-0.39, 0.29) is 62.6 Å². The molecule has 18 heteroatoms. The van der Waals surface area contributed by atoms with Crippen LogP contribution in [0.2, 0.25) is 0 Å². The average Bonchev–Trinajstić information content (AvgIpc) is 3.38. The lowest BCUT2D eigenvalue weighted by Crippen LogP contribution is -2.50. The van der Waals surface area contributed by atoms with Gasteiger partial charge in [0.2, 0.25) is 11.8 Å². The number of carbonyl (C=O) groups excluding carboxylic acids is 4. The summed E-state index contributed by atoms with van der Waals surface area (Å²) >= 11 is 0. The summed E-state index contributed by atoms with van der Waals surface area (Å²) in [6, 6.07) is 18.1. The number of hydrogen-bond acceptors (Lipinski definition) is 16. The van der Waals surface area contributed by atoms with Gasteiger partial charge < -0.3 is 34.8 Å². The minimum atomic E-state index is -0.303. The van der Waals surface area contributed by atoms with Crippen LogP contribution in [0.5, 0.6) is 0 Å². The summed E-state index contributed by atoms with van der Waals surface area (Å²) in [5.74, 6) is -0.720. The molecule has 1 saturated heterocycles. The Hall–Kier alpha value is -5.50. The third kappa shape index (κ3) is 24.5. The Morgan fingerprint density at radius 3 is 1.46 bits per heavy atom. The molecule has 0 saturated carbocycles. The maximum absolute atomic E-state index is 13.6. The number of aliphatic imine (C=N–C) groups is 1. The molecule has 0 aliphatic carbocycles. The van der Waals surface area contributed by atoms with Crippen LogP contribution in [0.4, 0.5) is 0 Å². The summed E-state index contributed by atoms with van der Waals surface area (Å²) in [4.78, 5) is 84.1. The lowest BCUT2D eigenvalue weighted by atomic mass is 10.1. The minimum absolute atomic E-state index is 0.0250. The van der Waals surface area contributed by atoms with Gasteiger partial charge in [0.05, 0.1) is 38.9 Å². The Balaban J connectivity index is 1.15. The molecule has 0 spiro atoms. The first-order chi connectivity index (χ1) is 34.7. The Kier molecular flexibility index (Phi) is 27.0. The number of amides is 2. The molecule has 0 aromatic carbocycles. The number of carbonyl (C=O) groups is 4. The van der Waals surface area contributed by atoms with Gasteiger partial charge in [0, 0.05) is 185 Å². The zero-order chi connectivity index (χ0) is 50.1. The number of hydrogen-bond donors (Lipinski definition) is 2. The Bertz CT molecular complexity index is 1930. The first kappa shape index (κ1) is 56.4. The number of allylic oxidation sites excluding steroid dienone is 1. The fourth-order valence-corrected chi connectivity index (χ4v) is 8.52. The molecule has 0 radical (unpaired) electrons. The SMILES string of the molecule is CCOC(=O)CN1CCN(CCC(=O)NCCN(CCc2ccccn2)CCC2C=CCC=N2)CCN(CC(=O)OCC)CCN(CC(=O)NCCN(CCc2ccccn2)CCc2ccccn2)CC1. The highest BCUT2D eigenvalue weighted by molar-refractivity contribution is 5.78. The van der Waals surface area contributed by atoms with E-state index < -0.39 is 0 Å². The third-order valence-electron chi connectivity index (χ3n) is 12.6. The van der Waals surface area contributed by atoms with Crippen LogP contribution in [0, 0.1) is 0 Å². The van der Waals surface area contributed by atoms with Crippen LogP contribution in [0.1, 0.15) is 50.2 Å². The molecule has 1 fully saturated rings. The van der Waals surface area contributed by atoms with Crippen LogP contribution in [0.3, 0.4) is 0 Å². The Morgan fingerprint density at radius 1 is 0.577 bits per heavy atom. The second kappa shape index (κ2) is 34.0. The van der Waals surface area contributed by atoms with Crippen molar-refractivity contribution >= 4 is 30.0 Å². The van der Waals surface area contributed by atoms with Crippen molar-refractivity contribution in [3.63, 3.8) is 0 Å².